The highest BCUT2D eigenvalue weighted by Crippen LogP contribution is 2.30. The standard InChI is InChI=1S/C16H21NO5/c1-11(16(19)20)17(2)15(18)7-5-12-4-6-13-14(10-12)22-9-3-8-21-13/h4,6,10-11H,3,5,7-9H2,1-2H3,(H,19,20)/t11-/m1/s1. The second-order valence-electron chi connectivity index (χ2n) is 5.35. The van der Waals surface area contributed by atoms with E-state index < -0.39 is 12.0 Å². The van der Waals surface area contributed by atoms with Crippen LogP contribution in [0.5, 0.6) is 11.5 Å². The van der Waals surface area contributed by atoms with E-state index in [4.69, 9.17) is 14.6 Å². The van der Waals surface area contributed by atoms with Crippen molar-refractivity contribution < 1.29 is 24.2 Å². The minimum Gasteiger partial charge on any atom is -0.490 e. The van der Waals surface area contributed by atoms with E-state index in [1.807, 2.05) is 18.2 Å². The van der Waals surface area contributed by atoms with Gasteiger partial charge in [0.25, 0.3) is 0 Å². The van der Waals surface area contributed by atoms with Crippen LogP contribution in [-0.4, -0.2) is 48.2 Å². The summed E-state index contributed by atoms with van der Waals surface area (Å²) >= 11 is 0. The van der Waals surface area contributed by atoms with Crippen LogP contribution in [0.1, 0.15) is 25.3 Å². The lowest BCUT2D eigenvalue weighted by molar-refractivity contribution is -0.148. The number of benzene rings is 1. The van der Waals surface area contributed by atoms with Gasteiger partial charge in [-0.3, -0.25) is 4.79 Å². The van der Waals surface area contributed by atoms with E-state index in [1.165, 1.54) is 18.9 Å². The van der Waals surface area contributed by atoms with Crippen molar-refractivity contribution in [2.45, 2.75) is 32.2 Å². The van der Waals surface area contributed by atoms with Crippen LogP contribution in [0.2, 0.25) is 0 Å². The summed E-state index contributed by atoms with van der Waals surface area (Å²) in [6.07, 6.45) is 1.64. The van der Waals surface area contributed by atoms with Gasteiger partial charge in [-0.05, 0) is 31.0 Å². The van der Waals surface area contributed by atoms with Gasteiger partial charge in [0.1, 0.15) is 6.04 Å². The number of hydrogen-bond donors (Lipinski definition) is 1. The molecular formula is C16H21NO5. The van der Waals surface area contributed by atoms with Gasteiger partial charge in [-0.25, -0.2) is 4.79 Å². The molecule has 1 atom stereocenters. The summed E-state index contributed by atoms with van der Waals surface area (Å²) in [4.78, 5) is 24.2. The summed E-state index contributed by atoms with van der Waals surface area (Å²) in [6, 6.07) is 4.82. The Hall–Kier alpha value is -2.24. The maximum atomic E-state index is 12.0. The highest BCUT2D eigenvalue weighted by molar-refractivity contribution is 5.83. The van der Waals surface area contributed by atoms with E-state index in [9.17, 15) is 9.59 Å². The predicted molar refractivity (Wildman–Crippen MR) is 80.2 cm³/mol. The molecule has 0 bridgehead atoms. The van der Waals surface area contributed by atoms with Crippen molar-refractivity contribution in [2.24, 2.45) is 0 Å². The Labute approximate surface area is 129 Å². The maximum absolute atomic E-state index is 12.0. The zero-order chi connectivity index (χ0) is 16.1. The number of carboxylic acids is 1. The van der Waals surface area contributed by atoms with E-state index in [1.54, 1.807) is 0 Å². The number of nitrogens with zero attached hydrogens (tertiary/aromatic N) is 1. The molecule has 1 aliphatic rings. The molecule has 1 aromatic carbocycles. The average Bonchev–Trinajstić information content (AvgIpc) is 2.75. The van der Waals surface area contributed by atoms with Crippen LogP contribution in [0.25, 0.3) is 0 Å². The molecule has 0 spiro atoms. The number of carboxylic acid groups (broad SMARTS) is 1. The highest BCUT2D eigenvalue weighted by atomic mass is 16.5. The molecule has 2 rings (SSSR count). The number of aryl methyl sites for hydroxylation is 1. The van der Waals surface area contributed by atoms with Gasteiger partial charge in [-0.2, -0.15) is 0 Å². The fourth-order valence-electron chi connectivity index (χ4n) is 2.17. The topological polar surface area (TPSA) is 76.1 Å². The van der Waals surface area contributed by atoms with Crippen LogP contribution in [0.3, 0.4) is 0 Å². The van der Waals surface area contributed by atoms with Crippen molar-refractivity contribution in [1.29, 1.82) is 0 Å². The minimum atomic E-state index is -1.01. The lowest BCUT2D eigenvalue weighted by Crippen LogP contribution is -2.40. The number of likely N-dealkylation sites (N-methyl/N-ethyl adjacent to an activating group) is 1. The Morgan fingerprint density at radius 2 is 1.95 bits per heavy atom. The van der Waals surface area contributed by atoms with Crippen LogP contribution in [0.15, 0.2) is 18.2 Å². The van der Waals surface area contributed by atoms with Gasteiger partial charge in [-0.1, -0.05) is 6.07 Å². The zero-order valence-electron chi connectivity index (χ0n) is 12.9. The van der Waals surface area contributed by atoms with Crippen LogP contribution in [0, 0.1) is 0 Å². The van der Waals surface area contributed by atoms with Gasteiger partial charge in [0.2, 0.25) is 5.91 Å². The molecular weight excluding hydrogens is 286 g/mol. The van der Waals surface area contributed by atoms with Gasteiger partial charge < -0.3 is 19.5 Å². The Balaban J connectivity index is 1.95. The zero-order valence-corrected chi connectivity index (χ0v) is 12.9. The third-order valence-corrected chi connectivity index (χ3v) is 3.77. The summed E-state index contributed by atoms with van der Waals surface area (Å²) in [7, 11) is 1.51. The van der Waals surface area contributed by atoms with Crippen molar-refractivity contribution in [3.8, 4) is 11.5 Å². The number of carbonyl (C=O) groups is 2. The van der Waals surface area contributed by atoms with Gasteiger partial charge in [0.15, 0.2) is 11.5 Å². The first-order valence-electron chi connectivity index (χ1n) is 7.36. The second kappa shape index (κ2) is 7.15. The molecule has 0 saturated heterocycles. The van der Waals surface area contributed by atoms with Gasteiger partial charge in [0, 0.05) is 19.9 Å². The first kappa shape index (κ1) is 16.1. The Morgan fingerprint density at radius 1 is 1.27 bits per heavy atom. The lowest BCUT2D eigenvalue weighted by atomic mass is 10.1. The number of rotatable bonds is 5. The van der Waals surface area contributed by atoms with E-state index in [0.717, 1.165) is 17.7 Å². The molecule has 0 fully saturated rings. The van der Waals surface area contributed by atoms with Crippen molar-refractivity contribution in [1.82, 2.24) is 4.90 Å². The molecule has 1 heterocycles. The normalized spacial score (nSPS) is 14.8. The molecule has 0 aromatic heterocycles. The van der Waals surface area contributed by atoms with Crippen LogP contribution >= 0.6 is 0 Å². The molecule has 120 valence electrons. The molecule has 6 heteroatoms. The number of hydrogen-bond acceptors (Lipinski definition) is 4. The van der Waals surface area contributed by atoms with E-state index in [-0.39, 0.29) is 12.3 Å². The number of amides is 1. The molecule has 0 aliphatic carbocycles. The van der Waals surface area contributed by atoms with Crippen LogP contribution < -0.4 is 9.47 Å². The molecule has 22 heavy (non-hydrogen) atoms. The van der Waals surface area contributed by atoms with Crippen molar-refractivity contribution >= 4 is 11.9 Å². The third-order valence-electron chi connectivity index (χ3n) is 3.77. The Kier molecular flexibility index (Phi) is 5.25. The number of fused-ring (bicyclic) bond motifs is 1. The fraction of sp³-hybridized carbons (Fsp3) is 0.500. The van der Waals surface area contributed by atoms with E-state index >= 15 is 0 Å². The SMILES string of the molecule is C[C@H](C(=O)O)N(C)C(=O)CCc1ccc2c(c1)OCCCO2. The van der Waals surface area contributed by atoms with Crippen molar-refractivity contribution in [3.05, 3.63) is 23.8 Å². The first-order chi connectivity index (χ1) is 10.5. The second-order valence-corrected chi connectivity index (χ2v) is 5.35. The first-order valence-corrected chi connectivity index (χ1v) is 7.36. The molecule has 1 amide bonds. The smallest absolute Gasteiger partial charge is 0.326 e. The van der Waals surface area contributed by atoms with Gasteiger partial charge >= 0.3 is 5.97 Å². The molecule has 6 nitrogen and oxygen atoms in total. The third kappa shape index (κ3) is 3.90. The largest absolute Gasteiger partial charge is 0.490 e. The maximum Gasteiger partial charge on any atom is 0.326 e. The summed E-state index contributed by atoms with van der Waals surface area (Å²) in [5, 5.41) is 8.92. The number of ether oxygens (including phenoxy) is 2. The minimum absolute atomic E-state index is 0.193. The molecule has 1 aromatic rings. The summed E-state index contributed by atoms with van der Waals surface area (Å²) < 4.78 is 11.2. The summed E-state index contributed by atoms with van der Waals surface area (Å²) in [5.74, 6) is 0.229. The number of aliphatic carboxylic acids is 1. The molecule has 1 aliphatic heterocycles. The molecule has 0 radical (unpaired) electrons. The lowest BCUT2D eigenvalue weighted by Gasteiger charge is -2.21. The Bertz CT molecular complexity index is 557. The Morgan fingerprint density at radius 3 is 2.64 bits per heavy atom. The quantitative estimate of drug-likeness (QED) is 0.896. The van der Waals surface area contributed by atoms with E-state index in [0.29, 0.717) is 25.4 Å². The van der Waals surface area contributed by atoms with Crippen LogP contribution in [0.4, 0.5) is 0 Å². The predicted octanol–water partition coefficient (Wildman–Crippen LogP) is 1.71. The molecule has 0 unspecified atom stereocenters. The van der Waals surface area contributed by atoms with Crippen LogP contribution in [-0.2, 0) is 16.0 Å². The van der Waals surface area contributed by atoms with Crippen molar-refractivity contribution in [2.75, 3.05) is 20.3 Å². The molecule has 0 saturated carbocycles. The van der Waals surface area contributed by atoms with E-state index in [2.05, 4.69) is 0 Å². The van der Waals surface area contributed by atoms with Gasteiger partial charge in [-0.15, -0.1) is 0 Å². The average molecular weight is 307 g/mol. The summed E-state index contributed by atoms with van der Waals surface area (Å²) in [5.41, 5.74) is 0.967. The van der Waals surface area contributed by atoms with Crippen molar-refractivity contribution in [3.63, 3.8) is 0 Å². The molecule has 1 N–H and O–H groups in total. The summed E-state index contributed by atoms with van der Waals surface area (Å²) in [6.45, 7) is 2.75. The number of carbonyl (C=O) groups excluding carboxylic acids is 1. The fourth-order valence-corrected chi connectivity index (χ4v) is 2.17. The highest BCUT2D eigenvalue weighted by Gasteiger charge is 2.21. The van der Waals surface area contributed by atoms with Gasteiger partial charge in [0.05, 0.1) is 13.2 Å². The monoisotopic (exact) mass is 307 g/mol.